The van der Waals surface area contributed by atoms with Gasteiger partial charge in [0.25, 0.3) is 0 Å². The number of hydrogen-bond acceptors (Lipinski definition) is 1. The van der Waals surface area contributed by atoms with E-state index in [2.05, 4.69) is 63.8 Å². The highest BCUT2D eigenvalue weighted by Crippen LogP contribution is 2.29. The summed E-state index contributed by atoms with van der Waals surface area (Å²) in [5.41, 5.74) is 5.02. The van der Waals surface area contributed by atoms with Crippen LogP contribution >= 0.6 is 28.1 Å². The number of thiocarbonyl (C=S) groups is 1. The zero-order valence-corrected chi connectivity index (χ0v) is 14.9. The Morgan fingerprint density at radius 3 is 2.86 bits per heavy atom. The van der Waals surface area contributed by atoms with Crippen molar-refractivity contribution >= 4 is 38.9 Å². The minimum atomic E-state index is 0.307. The first-order valence-electron chi connectivity index (χ1n) is 7.55. The van der Waals surface area contributed by atoms with E-state index in [0.717, 1.165) is 16.6 Å². The van der Waals surface area contributed by atoms with Gasteiger partial charge in [-0.25, -0.2) is 0 Å². The molecule has 22 heavy (non-hydrogen) atoms. The van der Waals surface area contributed by atoms with E-state index in [9.17, 15) is 0 Å². The minimum Gasteiger partial charge on any atom is -0.356 e. The summed E-state index contributed by atoms with van der Waals surface area (Å²) in [7, 11) is 0. The summed E-state index contributed by atoms with van der Waals surface area (Å²) in [5, 5.41) is 7.44. The lowest BCUT2D eigenvalue weighted by Crippen LogP contribution is -2.34. The van der Waals surface area contributed by atoms with Crippen molar-refractivity contribution in [3.05, 3.63) is 63.6 Å². The van der Waals surface area contributed by atoms with E-state index in [1.54, 1.807) is 0 Å². The number of anilines is 1. The molecule has 1 aliphatic rings. The van der Waals surface area contributed by atoms with Gasteiger partial charge in [-0.05, 0) is 73.3 Å². The Bertz CT molecular complexity index is 699. The summed E-state index contributed by atoms with van der Waals surface area (Å²) in [4.78, 5) is 0. The van der Waals surface area contributed by atoms with Crippen molar-refractivity contribution in [3.63, 3.8) is 0 Å². The normalized spacial score (nSPS) is 16.7. The van der Waals surface area contributed by atoms with Gasteiger partial charge in [-0.1, -0.05) is 40.2 Å². The van der Waals surface area contributed by atoms with E-state index in [-0.39, 0.29) is 0 Å². The summed E-state index contributed by atoms with van der Waals surface area (Å²) in [6, 6.07) is 15.1. The maximum atomic E-state index is 5.49. The van der Waals surface area contributed by atoms with Crippen LogP contribution in [0.2, 0.25) is 0 Å². The van der Waals surface area contributed by atoms with E-state index in [4.69, 9.17) is 12.2 Å². The third-order valence-corrected chi connectivity index (χ3v) is 5.20. The van der Waals surface area contributed by atoms with E-state index in [1.165, 1.54) is 29.5 Å². The predicted molar refractivity (Wildman–Crippen MR) is 100 cm³/mol. The van der Waals surface area contributed by atoms with Crippen LogP contribution in [0, 0.1) is 6.92 Å². The molecule has 0 saturated carbocycles. The van der Waals surface area contributed by atoms with Gasteiger partial charge in [0.05, 0.1) is 6.04 Å². The van der Waals surface area contributed by atoms with Gasteiger partial charge < -0.3 is 10.6 Å². The molecular weight excluding hydrogens is 356 g/mol. The molecule has 114 valence electrons. The third kappa shape index (κ3) is 3.50. The molecule has 2 aromatic rings. The number of aryl methyl sites for hydroxylation is 2. The summed E-state index contributed by atoms with van der Waals surface area (Å²) in [6.45, 7) is 2.07. The summed E-state index contributed by atoms with van der Waals surface area (Å²) >= 11 is 9.01. The molecule has 0 radical (unpaired) electrons. The van der Waals surface area contributed by atoms with Gasteiger partial charge >= 0.3 is 0 Å². The lowest BCUT2D eigenvalue weighted by molar-refractivity contribution is 0.529. The highest BCUT2D eigenvalue weighted by Gasteiger charge is 2.20. The molecule has 0 fully saturated rings. The Hall–Kier alpha value is -1.39. The van der Waals surface area contributed by atoms with E-state index in [0.29, 0.717) is 11.2 Å². The first kappa shape index (κ1) is 15.5. The number of halogens is 1. The molecule has 1 aliphatic carbocycles. The van der Waals surface area contributed by atoms with Crippen LogP contribution in [-0.2, 0) is 6.42 Å². The van der Waals surface area contributed by atoms with Crippen LogP contribution in [0.1, 0.15) is 35.6 Å². The van der Waals surface area contributed by atoms with Gasteiger partial charge in [-0.15, -0.1) is 0 Å². The Kier molecular flexibility index (Phi) is 4.79. The van der Waals surface area contributed by atoms with Gasteiger partial charge in [0.2, 0.25) is 0 Å². The van der Waals surface area contributed by atoms with Crippen LogP contribution in [0.3, 0.4) is 0 Å². The largest absolute Gasteiger partial charge is 0.356 e. The fourth-order valence-corrected chi connectivity index (χ4v) is 3.46. The van der Waals surface area contributed by atoms with Crippen molar-refractivity contribution in [3.8, 4) is 0 Å². The maximum Gasteiger partial charge on any atom is 0.171 e. The quantitative estimate of drug-likeness (QED) is 0.713. The number of fused-ring (bicyclic) bond motifs is 1. The molecule has 0 heterocycles. The average molecular weight is 375 g/mol. The van der Waals surface area contributed by atoms with Gasteiger partial charge in [-0.2, -0.15) is 0 Å². The average Bonchev–Trinajstić information content (AvgIpc) is 2.51. The van der Waals surface area contributed by atoms with E-state index in [1.807, 2.05) is 12.1 Å². The fourth-order valence-electron chi connectivity index (χ4n) is 2.95. The molecule has 2 N–H and O–H groups in total. The van der Waals surface area contributed by atoms with Crippen LogP contribution < -0.4 is 10.6 Å². The van der Waals surface area contributed by atoms with Crippen molar-refractivity contribution in [2.75, 3.05) is 5.32 Å². The molecule has 2 nitrogen and oxygen atoms in total. The SMILES string of the molecule is Cc1cc(NC(=S)N[C@H]2CCCc3ccccc32)ccc1Br. The molecule has 0 amide bonds. The van der Waals surface area contributed by atoms with Crippen molar-refractivity contribution < 1.29 is 0 Å². The second-order valence-corrected chi connectivity index (χ2v) is 6.97. The van der Waals surface area contributed by atoms with E-state index >= 15 is 0 Å². The number of rotatable bonds is 2. The molecule has 1 atom stereocenters. The van der Waals surface area contributed by atoms with Crippen molar-refractivity contribution in [1.29, 1.82) is 0 Å². The lowest BCUT2D eigenvalue weighted by Gasteiger charge is -2.27. The first-order valence-corrected chi connectivity index (χ1v) is 8.75. The molecule has 0 bridgehead atoms. The lowest BCUT2D eigenvalue weighted by atomic mass is 9.88. The van der Waals surface area contributed by atoms with Gasteiger partial charge in [-0.3, -0.25) is 0 Å². The molecular formula is C18H19BrN2S. The monoisotopic (exact) mass is 374 g/mol. The number of nitrogens with one attached hydrogen (secondary N) is 2. The van der Waals surface area contributed by atoms with Crippen molar-refractivity contribution in [2.45, 2.75) is 32.2 Å². The first-order chi connectivity index (χ1) is 10.6. The minimum absolute atomic E-state index is 0.307. The van der Waals surface area contributed by atoms with Crippen LogP contribution in [0.4, 0.5) is 5.69 Å². The zero-order valence-electron chi connectivity index (χ0n) is 12.5. The summed E-state index contributed by atoms with van der Waals surface area (Å²) in [5.74, 6) is 0. The number of benzene rings is 2. The fraction of sp³-hybridized carbons (Fsp3) is 0.278. The smallest absolute Gasteiger partial charge is 0.171 e. The second kappa shape index (κ2) is 6.80. The van der Waals surface area contributed by atoms with Crippen LogP contribution in [-0.4, -0.2) is 5.11 Å². The molecule has 0 saturated heterocycles. The van der Waals surface area contributed by atoms with Gasteiger partial charge in [0.15, 0.2) is 5.11 Å². The summed E-state index contributed by atoms with van der Waals surface area (Å²) in [6.07, 6.45) is 3.49. The molecule has 4 heteroatoms. The Labute approximate surface area is 145 Å². The Morgan fingerprint density at radius 1 is 1.23 bits per heavy atom. The van der Waals surface area contributed by atoms with Crippen LogP contribution in [0.25, 0.3) is 0 Å². The van der Waals surface area contributed by atoms with Gasteiger partial charge in [0, 0.05) is 10.2 Å². The maximum absolute atomic E-state index is 5.49. The molecule has 0 spiro atoms. The third-order valence-electron chi connectivity index (χ3n) is 4.09. The van der Waals surface area contributed by atoms with Crippen LogP contribution in [0.15, 0.2) is 46.9 Å². The van der Waals surface area contributed by atoms with E-state index < -0.39 is 0 Å². The molecule has 0 unspecified atom stereocenters. The molecule has 2 aromatic carbocycles. The van der Waals surface area contributed by atoms with Crippen molar-refractivity contribution in [2.24, 2.45) is 0 Å². The van der Waals surface area contributed by atoms with Gasteiger partial charge in [0.1, 0.15) is 0 Å². The van der Waals surface area contributed by atoms with Crippen molar-refractivity contribution in [1.82, 2.24) is 5.32 Å². The molecule has 0 aliphatic heterocycles. The Balaban J connectivity index is 1.69. The standard InChI is InChI=1S/C18H19BrN2S/c1-12-11-14(9-10-16(12)19)20-18(22)21-17-8-4-6-13-5-2-3-7-15(13)17/h2-3,5,7,9-11,17H,4,6,8H2,1H3,(H2,20,21,22)/t17-/m0/s1. The number of hydrogen-bond donors (Lipinski definition) is 2. The Morgan fingerprint density at radius 2 is 2.05 bits per heavy atom. The molecule has 3 rings (SSSR count). The topological polar surface area (TPSA) is 24.1 Å². The molecule has 0 aromatic heterocycles. The highest BCUT2D eigenvalue weighted by atomic mass is 79.9. The zero-order chi connectivity index (χ0) is 15.5. The second-order valence-electron chi connectivity index (χ2n) is 5.71. The highest BCUT2D eigenvalue weighted by molar-refractivity contribution is 9.10. The van der Waals surface area contributed by atoms with Crippen LogP contribution in [0.5, 0.6) is 0 Å². The summed E-state index contributed by atoms with van der Waals surface area (Å²) < 4.78 is 1.11. The predicted octanol–water partition coefficient (Wildman–Crippen LogP) is 5.12.